The van der Waals surface area contributed by atoms with Gasteiger partial charge in [0, 0.05) is 0 Å². The van der Waals surface area contributed by atoms with Gasteiger partial charge in [0.25, 0.3) is 0 Å². The van der Waals surface area contributed by atoms with Crippen molar-refractivity contribution in [3.05, 3.63) is 60.2 Å². The van der Waals surface area contributed by atoms with Crippen LogP contribution in [0.4, 0.5) is 0 Å². The molecule has 3 aromatic rings. The first-order chi connectivity index (χ1) is 11.9. The minimum atomic E-state index is -1.66. The lowest BCUT2D eigenvalue weighted by atomic mass is 10.1. The van der Waals surface area contributed by atoms with Crippen LogP contribution in [0.1, 0.15) is 5.56 Å². The first-order valence-electron chi connectivity index (χ1n) is 7.34. The van der Waals surface area contributed by atoms with Gasteiger partial charge in [-0.25, -0.2) is 4.98 Å². The molecule has 2 aromatic carbocycles. The average molecular weight is 432 g/mol. The number of nitrogens with one attached hydrogen (secondary N) is 1. The number of amides is 1. The summed E-state index contributed by atoms with van der Waals surface area (Å²) in [7, 11) is 0. The number of thioether (sulfide) groups is 1. The summed E-state index contributed by atoms with van der Waals surface area (Å²) >= 11 is 20.9. The third kappa shape index (κ3) is 5.25. The van der Waals surface area contributed by atoms with Crippen molar-refractivity contribution in [2.45, 2.75) is 19.9 Å². The first kappa shape index (κ1) is 18.8. The summed E-state index contributed by atoms with van der Waals surface area (Å²) in [5.74, 6) is -0.212. The largest absolute Gasteiger partial charge is 0.340 e. The quantitative estimate of drug-likeness (QED) is 0.332. The second kappa shape index (κ2) is 8.14. The second-order valence-corrected chi connectivity index (χ2v) is 9.97. The molecule has 1 N–H and O–H groups in total. The Hall–Kier alpha value is -0.980. The molecular weight excluding hydrogens is 419 g/mol. The molecule has 0 spiro atoms. The lowest BCUT2D eigenvalue weighted by Gasteiger charge is -2.24. The van der Waals surface area contributed by atoms with Crippen LogP contribution in [0, 0.1) is 0 Å². The number of alkyl halides is 3. The molecule has 0 saturated carbocycles. The molecule has 0 radical (unpaired) electrons. The predicted molar refractivity (Wildman–Crippen MR) is 108 cm³/mol. The first-order valence-corrected chi connectivity index (χ1v) is 10.2. The van der Waals surface area contributed by atoms with E-state index < -0.39 is 9.17 Å². The van der Waals surface area contributed by atoms with Crippen molar-refractivity contribution in [3.8, 4) is 0 Å². The van der Waals surface area contributed by atoms with E-state index in [4.69, 9.17) is 34.8 Å². The van der Waals surface area contributed by atoms with Crippen molar-refractivity contribution >= 4 is 74.0 Å². The van der Waals surface area contributed by atoms with E-state index in [1.807, 2.05) is 54.6 Å². The maximum Gasteiger partial charge on any atom is 0.225 e. The summed E-state index contributed by atoms with van der Waals surface area (Å²) in [5, 5.41) is 2.05. The van der Waals surface area contributed by atoms with Crippen LogP contribution in [-0.2, 0) is 11.2 Å². The van der Waals surface area contributed by atoms with Gasteiger partial charge in [0.15, 0.2) is 4.34 Å². The van der Waals surface area contributed by atoms with Crippen LogP contribution in [0.2, 0.25) is 0 Å². The molecule has 3 nitrogen and oxygen atoms in total. The molecule has 130 valence electrons. The fraction of sp³-hybridized carbons (Fsp3) is 0.176. The van der Waals surface area contributed by atoms with Gasteiger partial charge in [-0.3, -0.25) is 4.79 Å². The molecule has 1 amide bonds. The zero-order valence-electron chi connectivity index (χ0n) is 12.8. The van der Waals surface area contributed by atoms with E-state index in [9.17, 15) is 4.79 Å². The molecule has 1 atom stereocenters. The summed E-state index contributed by atoms with van der Waals surface area (Å²) in [5.41, 5.74) is 1.78. The van der Waals surface area contributed by atoms with Crippen LogP contribution in [0.15, 0.2) is 58.9 Å². The highest BCUT2D eigenvalue weighted by Crippen LogP contribution is 2.41. The van der Waals surface area contributed by atoms with Crippen molar-refractivity contribution in [1.29, 1.82) is 0 Å². The van der Waals surface area contributed by atoms with Crippen LogP contribution in [0.3, 0.4) is 0 Å². The number of fused-ring (bicyclic) bond motifs is 1. The number of thiazole rings is 1. The van der Waals surface area contributed by atoms with Crippen molar-refractivity contribution in [3.63, 3.8) is 0 Å². The fourth-order valence-corrected chi connectivity index (χ4v) is 4.85. The molecule has 8 heteroatoms. The smallest absolute Gasteiger partial charge is 0.225 e. The molecule has 0 bridgehead atoms. The molecule has 1 aromatic heterocycles. The molecule has 0 aliphatic heterocycles. The van der Waals surface area contributed by atoms with Crippen LogP contribution >= 0.6 is 57.9 Å². The Morgan fingerprint density at radius 3 is 2.48 bits per heavy atom. The maximum atomic E-state index is 12.3. The Morgan fingerprint density at radius 2 is 1.80 bits per heavy atom. The van der Waals surface area contributed by atoms with E-state index in [1.165, 1.54) is 23.1 Å². The van der Waals surface area contributed by atoms with Crippen LogP contribution < -0.4 is 5.32 Å². The van der Waals surface area contributed by atoms with Gasteiger partial charge in [-0.2, -0.15) is 0 Å². The number of carbonyl (C=O) groups excluding carboxylic acids is 1. The van der Waals surface area contributed by atoms with Gasteiger partial charge in [0.05, 0.1) is 16.6 Å². The third-order valence-corrected chi connectivity index (χ3v) is 6.70. The zero-order chi connectivity index (χ0) is 17.9. The van der Waals surface area contributed by atoms with E-state index in [0.717, 1.165) is 20.1 Å². The van der Waals surface area contributed by atoms with Crippen molar-refractivity contribution in [1.82, 2.24) is 10.3 Å². The minimum absolute atomic E-state index is 0.212. The molecule has 0 aliphatic rings. The average Bonchev–Trinajstić information content (AvgIpc) is 2.96. The van der Waals surface area contributed by atoms with Crippen molar-refractivity contribution in [2.24, 2.45) is 0 Å². The highest BCUT2D eigenvalue weighted by atomic mass is 35.6. The number of hydrogen-bond donors (Lipinski definition) is 1. The molecule has 0 fully saturated rings. The van der Waals surface area contributed by atoms with Gasteiger partial charge in [-0.05, 0) is 17.7 Å². The van der Waals surface area contributed by atoms with E-state index in [0.29, 0.717) is 0 Å². The van der Waals surface area contributed by atoms with Crippen molar-refractivity contribution in [2.75, 3.05) is 0 Å². The van der Waals surface area contributed by atoms with Gasteiger partial charge in [-0.1, -0.05) is 89.0 Å². The number of carbonyl (C=O) groups is 1. The fourth-order valence-electron chi connectivity index (χ4n) is 2.16. The molecule has 25 heavy (non-hydrogen) atoms. The molecule has 3 rings (SSSR count). The summed E-state index contributed by atoms with van der Waals surface area (Å²) in [6.45, 7) is 0. The van der Waals surface area contributed by atoms with Crippen LogP contribution in [0.5, 0.6) is 0 Å². The number of para-hydroxylation sites is 1. The summed E-state index contributed by atoms with van der Waals surface area (Å²) in [6.07, 6.45) is 0.221. The highest BCUT2D eigenvalue weighted by Gasteiger charge is 2.35. The normalized spacial score (nSPS) is 12.9. The monoisotopic (exact) mass is 430 g/mol. The topological polar surface area (TPSA) is 42.0 Å². The Labute approximate surface area is 168 Å². The predicted octanol–water partition coefficient (Wildman–Crippen LogP) is 5.44. The van der Waals surface area contributed by atoms with E-state index >= 15 is 0 Å². The molecular formula is C17H13Cl3N2OS2. The Bertz CT molecular complexity index is 832. The number of hydrogen-bond acceptors (Lipinski definition) is 4. The zero-order valence-corrected chi connectivity index (χ0v) is 16.7. The van der Waals surface area contributed by atoms with Crippen LogP contribution in [-0.4, -0.2) is 20.1 Å². The lowest BCUT2D eigenvalue weighted by Crippen LogP contribution is -2.42. The number of halogens is 3. The number of benzene rings is 2. The third-order valence-electron chi connectivity index (χ3n) is 3.29. The molecule has 1 unspecified atom stereocenters. The summed E-state index contributed by atoms with van der Waals surface area (Å²) in [6, 6.07) is 17.2. The number of nitrogens with zero attached hydrogens (tertiary/aromatic N) is 1. The van der Waals surface area contributed by atoms with Gasteiger partial charge in [0.1, 0.15) is 5.37 Å². The Kier molecular flexibility index (Phi) is 6.12. The Morgan fingerprint density at radius 1 is 1.12 bits per heavy atom. The van der Waals surface area contributed by atoms with Gasteiger partial charge >= 0.3 is 0 Å². The van der Waals surface area contributed by atoms with E-state index in [-0.39, 0.29) is 12.3 Å². The standard InChI is InChI=1S/C17H13Cl3N2OS2/c18-17(19,20)15(22-14(23)10-11-6-2-1-3-7-11)25-16-21-12-8-4-5-9-13(12)24-16/h1-9,15H,10H2,(H,22,23). The van der Waals surface area contributed by atoms with Gasteiger partial charge < -0.3 is 5.32 Å². The van der Waals surface area contributed by atoms with Gasteiger partial charge in [-0.15, -0.1) is 11.3 Å². The second-order valence-electron chi connectivity index (χ2n) is 5.22. The van der Waals surface area contributed by atoms with Crippen LogP contribution in [0.25, 0.3) is 10.2 Å². The number of aromatic nitrogens is 1. The molecule has 0 saturated heterocycles. The highest BCUT2D eigenvalue weighted by molar-refractivity contribution is 8.02. The van der Waals surface area contributed by atoms with E-state index in [2.05, 4.69) is 10.3 Å². The molecule has 1 heterocycles. The van der Waals surface area contributed by atoms with E-state index in [1.54, 1.807) is 0 Å². The SMILES string of the molecule is O=C(Cc1ccccc1)NC(Sc1nc2ccccc2s1)C(Cl)(Cl)Cl. The molecule has 0 aliphatic carbocycles. The number of rotatable bonds is 5. The maximum absolute atomic E-state index is 12.3. The Balaban J connectivity index is 1.72. The van der Waals surface area contributed by atoms with Crippen molar-refractivity contribution < 1.29 is 4.79 Å². The minimum Gasteiger partial charge on any atom is -0.340 e. The lowest BCUT2D eigenvalue weighted by molar-refractivity contribution is -0.120. The van der Waals surface area contributed by atoms with Gasteiger partial charge in [0.2, 0.25) is 9.70 Å². The summed E-state index contributed by atoms with van der Waals surface area (Å²) in [4.78, 5) is 16.8. The summed E-state index contributed by atoms with van der Waals surface area (Å²) < 4.78 is 0.121.